The Hall–Kier alpha value is -7.41. The summed E-state index contributed by atoms with van der Waals surface area (Å²) in [5, 5.41) is 46.3. The molecular weight excluding hydrogens is 1000 g/mol. The minimum absolute atomic E-state index is 0. The second-order valence-corrected chi connectivity index (χ2v) is 17.8. The highest BCUT2D eigenvalue weighted by Gasteiger charge is 2.26. The number of aromatic carboxylic acids is 1. The lowest BCUT2D eigenvalue weighted by atomic mass is 10.1. The maximum Gasteiger partial charge on any atom is 0.358 e. The van der Waals surface area contributed by atoms with E-state index in [1.165, 1.54) is 87.8 Å². The number of hydrogen-bond donors (Lipinski definition) is 5. The number of pyridine rings is 4. The lowest BCUT2D eigenvalue weighted by Gasteiger charge is -2.04. The smallest absolute Gasteiger partial charge is 0.358 e. The number of fused-ring (bicyclic) bond motifs is 4. The van der Waals surface area contributed by atoms with E-state index in [1.54, 1.807) is 16.8 Å². The van der Waals surface area contributed by atoms with Gasteiger partial charge < -0.3 is 44.0 Å². The van der Waals surface area contributed by atoms with Crippen LogP contribution in [-0.2, 0) is 39.4 Å². The van der Waals surface area contributed by atoms with Gasteiger partial charge in [-0.05, 0) is 72.9 Å². The first-order valence-electron chi connectivity index (χ1n) is 22.2. The van der Waals surface area contributed by atoms with Crippen LogP contribution in [0, 0.1) is 11.6 Å². The molecule has 372 valence electrons. The van der Waals surface area contributed by atoms with E-state index in [4.69, 9.17) is 34.0 Å². The van der Waals surface area contributed by atoms with Crippen LogP contribution in [0.1, 0.15) is 104 Å². The first-order chi connectivity index (χ1) is 34.4. The summed E-state index contributed by atoms with van der Waals surface area (Å²) in [4.78, 5) is 40.7. The number of carboxylic acids is 1. The van der Waals surface area contributed by atoms with E-state index in [0.29, 0.717) is 53.1 Å². The van der Waals surface area contributed by atoms with Crippen molar-refractivity contribution in [3.8, 4) is 0 Å². The Morgan fingerprint density at radius 3 is 1.62 bits per heavy atom. The number of carbonyl (C=O) groups is 2. The predicted molar refractivity (Wildman–Crippen MR) is 258 cm³/mol. The van der Waals surface area contributed by atoms with Gasteiger partial charge in [0.05, 0.1) is 90.7 Å². The van der Waals surface area contributed by atoms with E-state index in [0.717, 1.165) is 22.5 Å². The predicted octanol–water partition coefficient (Wildman–Crippen LogP) is 5.76. The minimum atomic E-state index is -1.11. The summed E-state index contributed by atoms with van der Waals surface area (Å²) in [6.07, 6.45) is 21.7. The first-order valence-corrected chi connectivity index (χ1v) is 23.0. The van der Waals surface area contributed by atoms with Crippen LogP contribution in [0.4, 0.5) is 8.78 Å². The third kappa shape index (κ3) is 10.3. The quantitative estimate of drug-likeness (QED) is 0.0920. The molecule has 26 heteroatoms. The Morgan fingerprint density at radius 2 is 1.17 bits per heavy atom. The van der Waals surface area contributed by atoms with Crippen LogP contribution < -0.4 is 11.1 Å². The number of carbonyl (C=O) groups excluding carboxylic acids is 1. The van der Waals surface area contributed by atoms with Crippen LogP contribution in [0.2, 0.25) is 10.0 Å². The van der Waals surface area contributed by atoms with Gasteiger partial charge in [0, 0.05) is 54.9 Å². The fraction of sp³-hybridized carbons (Fsp3) is 0.261. The number of halogens is 5. The monoisotopic (exact) mass is 1040 g/mol. The standard InChI is InChI=1S/C23H20ClFN8O2.C15H15N5O3.C8H7ClFN3.ClH/c24-17-3-4-31-12-27-18(21(31)20(17)25)6-26-23(35)19-10-33(30-29-19)9-16-8-32-7-14(13-1-2-13)5-15(11-34)22(32)28-16;21-8-11-3-10(9-1-2-9)4-19-5-12(16-14(11)19)6-20-7-13(15(22)23)17-18-20;9-5-1-2-13-4-12-6(3-11)8(13)7(5)10;/h3-5,7-8,10,12-13,34H,1-2,6,9,11H2,(H,26,35);3-5,7,9,21H,1-2,6,8H2,(H,22,23);1-2,4H,3,11H2;1H. The van der Waals surface area contributed by atoms with Crippen molar-refractivity contribution < 1.29 is 33.7 Å². The average molecular weight is 1040 g/mol. The summed E-state index contributed by atoms with van der Waals surface area (Å²) in [5.41, 5.74) is 13.7. The maximum absolute atomic E-state index is 14.4. The molecule has 10 aromatic rings. The molecule has 2 saturated carbocycles. The number of aliphatic hydroxyl groups excluding tert-OH is 2. The average Bonchev–Trinajstić information content (AvgIpc) is 3.94. The molecular formula is C46H43Cl3F2N16O5. The molecule has 2 fully saturated rings. The number of nitrogens with two attached hydrogens (primary N) is 1. The molecule has 0 aromatic carbocycles. The minimum Gasteiger partial charge on any atom is -0.476 e. The zero-order chi connectivity index (χ0) is 49.5. The fourth-order valence-electron chi connectivity index (χ4n) is 8.14. The number of nitrogens with zero attached hydrogens (tertiary/aromatic N) is 14. The van der Waals surface area contributed by atoms with Crippen molar-refractivity contribution in [3.05, 3.63) is 165 Å². The van der Waals surface area contributed by atoms with Crippen molar-refractivity contribution in [2.75, 3.05) is 0 Å². The topological polar surface area (TPSA) is 263 Å². The number of carboxylic acid groups (broad SMARTS) is 1. The Morgan fingerprint density at radius 1 is 0.694 bits per heavy atom. The fourth-order valence-corrected chi connectivity index (χ4v) is 8.43. The Balaban J connectivity index is 0.000000148. The summed E-state index contributed by atoms with van der Waals surface area (Å²) >= 11 is 11.5. The maximum atomic E-state index is 14.4. The molecule has 0 radical (unpaired) electrons. The molecule has 0 bridgehead atoms. The lowest BCUT2D eigenvalue weighted by molar-refractivity contribution is 0.0690. The first kappa shape index (κ1) is 49.6. The molecule has 0 spiro atoms. The van der Waals surface area contributed by atoms with E-state index in [1.807, 2.05) is 39.5 Å². The number of imidazole rings is 4. The zero-order valence-electron chi connectivity index (χ0n) is 37.7. The SMILES string of the molecule is Cl.NCc1ncn2ccc(Cl)c(F)c12.O=C(NCc1ncn2ccc(Cl)c(F)c12)c1cn(Cc2cn3cc(C4CC4)cc(CO)c3n2)nn1.O=C(O)c1cn(Cc2cn3cc(C4CC4)cc(CO)c3n2)nn1. The second-order valence-electron chi connectivity index (χ2n) is 17.0. The van der Waals surface area contributed by atoms with E-state index in [-0.39, 0.29) is 65.7 Å². The van der Waals surface area contributed by atoms with Crippen LogP contribution in [0.5, 0.6) is 0 Å². The number of rotatable bonds is 13. The highest BCUT2D eigenvalue weighted by molar-refractivity contribution is 6.31. The highest BCUT2D eigenvalue weighted by Crippen LogP contribution is 2.41. The largest absolute Gasteiger partial charge is 0.476 e. The number of aliphatic hydroxyl groups is 2. The second kappa shape index (κ2) is 20.7. The lowest BCUT2D eigenvalue weighted by Crippen LogP contribution is -2.23. The Labute approximate surface area is 421 Å². The van der Waals surface area contributed by atoms with Gasteiger partial charge in [0.1, 0.15) is 22.3 Å². The summed E-state index contributed by atoms with van der Waals surface area (Å²) < 4.78 is 37.7. The van der Waals surface area contributed by atoms with Crippen molar-refractivity contribution in [1.29, 1.82) is 0 Å². The van der Waals surface area contributed by atoms with E-state index in [9.17, 15) is 28.6 Å². The number of aromatic nitrogens is 14. The summed E-state index contributed by atoms with van der Waals surface area (Å²) in [5.74, 6) is -1.50. The summed E-state index contributed by atoms with van der Waals surface area (Å²) in [6.45, 7) is 0.683. The molecule has 12 rings (SSSR count). The van der Waals surface area contributed by atoms with E-state index >= 15 is 0 Å². The Kier molecular flexibility index (Phi) is 14.3. The molecule has 10 aromatic heterocycles. The van der Waals surface area contributed by atoms with Gasteiger partial charge >= 0.3 is 5.97 Å². The molecule has 21 nitrogen and oxygen atoms in total. The van der Waals surface area contributed by atoms with Gasteiger partial charge in [0.15, 0.2) is 23.0 Å². The summed E-state index contributed by atoms with van der Waals surface area (Å²) in [7, 11) is 0. The van der Waals surface area contributed by atoms with Gasteiger partial charge in [-0.1, -0.05) is 33.6 Å². The van der Waals surface area contributed by atoms with Crippen molar-refractivity contribution >= 4 is 69.8 Å². The highest BCUT2D eigenvalue weighted by atomic mass is 35.5. The zero-order valence-corrected chi connectivity index (χ0v) is 40.1. The molecule has 1 amide bonds. The van der Waals surface area contributed by atoms with Crippen molar-refractivity contribution in [2.45, 2.75) is 76.9 Å². The molecule has 0 unspecified atom stereocenters. The number of amides is 1. The van der Waals surface area contributed by atoms with Crippen LogP contribution >= 0.6 is 35.6 Å². The van der Waals surface area contributed by atoms with E-state index in [2.05, 4.69) is 52.1 Å². The third-order valence-corrected chi connectivity index (χ3v) is 12.5. The third-order valence-electron chi connectivity index (χ3n) is 12.0. The van der Waals surface area contributed by atoms with Gasteiger partial charge in [-0.15, -0.1) is 22.6 Å². The van der Waals surface area contributed by atoms with Gasteiger partial charge in [0.2, 0.25) is 0 Å². The van der Waals surface area contributed by atoms with Crippen LogP contribution in [0.25, 0.3) is 22.3 Å². The van der Waals surface area contributed by atoms with Gasteiger partial charge in [0.25, 0.3) is 5.91 Å². The molecule has 10 heterocycles. The molecule has 0 saturated heterocycles. The molecule has 0 aliphatic heterocycles. The molecule has 6 N–H and O–H groups in total. The van der Waals surface area contributed by atoms with Crippen molar-refractivity contribution in [2.24, 2.45) is 5.73 Å². The normalized spacial score (nSPS) is 13.3. The number of nitrogens with one attached hydrogen (secondary N) is 1. The molecule has 0 atom stereocenters. The van der Waals surface area contributed by atoms with Crippen LogP contribution in [0.15, 0.2) is 86.5 Å². The Bertz CT molecular complexity index is 3630. The van der Waals surface area contributed by atoms with E-state index < -0.39 is 23.5 Å². The van der Waals surface area contributed by atoms with Crippen molar-refractivity contribution in [3.63, 3.8) is 0 Å². The number of hydrogen-bond acceptors (Lipinski definition) is 13. The van der Waals surface area contributed by atoms with Gasteiger partial charge in [-0.25, -0.2) is 42.9 Å². The van der Waals surface area contributed by atoms with Gasteiger partial charge in [-0.3, -0.25) is 4.79 Å². The molecule has 2 aliphatic carbocycles. The van der Waals surface area contributed by atoms with Gasteiger partial charge in [-0.2, -0.15) is 0 Å². The van der Waals surface area contributed by atoms with Crippen LogP contribution in [0.3, 0.4) is 0 Å². The van der Waals surface area contributed by atoms with Crippen molar-refractivity contribution in [1.82, 2.24) is 72.8 Å². The molecule has 2 aliphatic rings. The van der Waals surface area contributed by atoms with Crippen LogP contribution in [-0.4, -0.2) is 94.7 Å². The summed E-state index contributed by atoms with van der Waals surface area (Å²) in [6, 6.07) is 6.95. The molecule has 72 heavy (non-hydrogen) atoms.